The van der Waals surface area contributed by atoms with Crippen LogP contribution in [0.5, 0.6) is 0 Å². The van der Waals surface area contributed by atoms with Gasteiger partial charge in [-0.2, -0.15) is 0 Å². The number of aliphatic hydroxyl groups is 1. The van der Waals surface area contributed by atoms with Crippen molar-refractivity contribution in [3.63, 3.8) is 0 Å². The van der Waals surface area contributed by atoms with Gasteiger partial charge in [0.15, 0.2) is 11.6 Å². The summed E-state index contributed by atoms with van der Waals surface area (Å²) in [6.45, 7) is 0.0891. The molecule has 0 heterocycles. The zero-order valence-electron chi connectivity index (χ0n) is 10.6. The lowest BCUT2D eigenvalue weighted by atomic mass is 9.89. The highest BCUT2D eigenvalue weighted by atomic mass is 19.2. The van der Waals surface area contributed by atoms with Crippen molar-refractivity contribution in [2.24, 2.45) is 5.73 Å². The molecule has 0 aromatic heterocycles. The number of hydrogen-bond acceptors (Lipinski definition) is 2. The quantitative estimate of drug-likeness (QED) is 0.905. The molecule has 2 unspecified atom stereocenters. The minimum atomic E-state index is -1.10. The van der Waals surface area contributed by atoms with Crippen LogP contribution >= 0.6 is 0 Å². The minimum Gasteiger partial charge on any atom is -0.388 e. The smallest absolute Gasteiger partial charge is 0.159 e. The van der Waals surface area contributed by atoms with E-state index in [1.54, 1.807) is 0 Å². The van der Waals surface area contributed by atoms with Crippen molar-refractivity contribution in [1.29, 1.82) is 0 Å². The Balaban J connectivity index is 2.30. The standard InChI is InChI=1S/C15H14F3NO/c16-11-4-1-9(2-5-11)12(8-19)15(20)10-3-6-13(17)14(18)7-10/h1-7,12,15,20H,8,19H2. The topological polar surface area (TPSA) is 46.2 Å². The van der Waals surface area contributed by atoms with Gasteiger partial charge in [-0.3, -0.25) is 0 Å². The molecule has 0 fully saturated rings. The van der Waals surface area contributed by atoms with E-state index in [9.17, 15) is 18.3 Å². The Morgan fingerprint density at radius 1 is 0.900 bits per heavy atom. The van der Waals surface area contributed by atoms with Crippen LogP contribution in [0.4, 0.5) is 13.2 Å². The van der Waals surface area contributed by atoms with E-state index in [4.69, 9.17) is 5.73 Å². The van der Waals surface area contributed by atoms with Gasteiger partial charge in [-0.05, 0) is 35.4 Å². The fourth-order valence-electron chi connectivity index (χ4n) is 2.09. The monoisotopic (exact) mass is 281 g/mol. The molecule has 0 aliphatic carbocycles. The van der Waals surface area contributed by atoms with Gasteiger partial charge in [-0.1, -0.05) is 18.2 Å². The summed E-state index contributed by atoms with van der Waals surface area (Å²) in [5.74, 6) is -2.93. The molecule has 0 saturated carbocycles. The van der Waals surface area contributed by atoms with E-state index in [-0.39, 0.29) is 12.1 Å². The third-order valence-corrected chi connectivity index (χ3v) is 3.22. The fourth-order valence-corrected chi connectivity index (χ4v) is 2.09. The molecule has 0 saturated heterocycles. The zero-order chi connectivity index (χ0) is 14.7. The molecule has 2 nitrogen and oxygen atoms in total. The predicted molar refractivity (Wildman–Crippen MR) is 69.5 cm³/mol. The molecular weight excluding hydrogens is 267 g/mol. The van der Waals surface area contributed by atoms with Gasteiger partial charge in [-0.15, -0.1) is 0 Å². The van der Waals surface area contributed by atoms with Crippen molar-refractivity contribution in [1.82, 2.24) is 0 Å². The lowest BCUT2D eigenvalue weighted by molar-refractivity contribution is 0.147. The maximum absolute atomic E-state index is 13.2. The van der Waals surface area contributed by atoms with Gasteiger partial charge in [0.25, 0.3) is 0 Å². The second-order valence-electron chi connectivity index (χ2n) is 4.51. The molecule has 0 amide bonds. The van der Waals surface area contributed by atoms with Crippen LogP contribution in [-0.4, -0.2) is 11.7 Å². The average Bonchev–Trinajstić information content (AvgIpc) is 2.44. The molecule has 2 aromatic rings. The predicted octanol–water partition coefficient (Wildman–Crippen LogP) is 2.88. The van der Waals surface area contributed by atoms with E-state index in [0.717, 1.165) is 12.1 Å². The summed E-state index contributed by atoms with van der Waals surface area (Å²) in [4.78, 5) is 0. The van der Waals surface area contributed by atoms with Crippen molar-refractivity contribution in [3.8, 4) is 0 Å². The first-order chi connectivity index (χ1) is 9.52. The van der Waals surface area contributed by atoms with Gasteiger partial charge < -0.3 is 10.8 Å². The molecule has 0 spiro atoms. The Morgan fingerprint density at radius 2 is 1.50 bits per heavy atom. The lowest BCUT2D eigenvalue weighted by Crippen LogP contribution is -2.20. The van der Waals surface area contributed by atoms with E-state index in [1.807, 2.05) is 0 Å². The molecule has 20 heavy (non-hydrogen) atoms. The average molecular weight is 281 g/mol. The number of hydrogen-bond donors (Lipinski definition) is 2. The molecule has 3 N–H and O–H groups in total. The number of rotatable bonds is 4. The van der Waals surface area contributed by atoms with Crippen molar-refractivity contribution < 1.29 is 18.3 Å². The van der Waals surface area contributed by atoms with Crippen LogP contribution in [0.3, 0.4) is 0 Å². The van der Waals surface area contributed by atoms with Crippen LogP contribution in [0.15, 0.2) is 42.5 Å². The lowest BCUT2D eigenvalue weighted by Gasteiger charge is -2.22. The molecule has 106 valence electrons. The van der Waals surface area contributed by atoms with Crippen molar-refractivity contribution >= 4 is 0 Å². The van der Waals surface area contributed by atoms with E-state index < -0.39 is 29.5 Å². The Bertz CT molecular complexity index is 586. The highest BCUT2D eigenvalue weighted by Gasteiger charge is 2.22. The van der Waals surface area contributed by atoms with Crippen LogP contribution in [-0.2, 0) is 0 Å². The summed E-state index contributed by atoms with van der Waals surface area (Å²) >= 11 is 0. The summed E-state index contributed by atoms with van der Waals surface area (Å²) in [6.07, 6.45) is -1.10. The molecule has 0 radical (unpaired) electrons. The number of halogens is 3. The summed E-state index contributed by atoms with van der Waals surface area (Å²) in [6, 6.07) is 8.73. The SMILES string of the molecule is NCC(c1ccc(F)cc1)C(O)c1ccc(F)c(F)c1. The van der Waals surface area contributed by atoms with Crippen molar-refractivity contribution in [2.75, 3.05) is 6.54 Å². The first-order valence-corrected chi connectivity index (χ1v) is 6.11. The van der Waals surface area contributed by atoms with Crippen molar-refractivity contribution in [3.05, 3.63) is 71.0 Å². The molecule has 0 aliphatic heterocycles. The Kier molecular flexibility index (Phi) is 4.42. The van der Waals surface area contributed by atoms with E-state index in [1.165, 1.54) is 30.3 Å². The third kappa shape index (κ3) is 3.00. The maximum Gasteiger partial charge on any atom is 0.159 e. The van der Waals surface area contributed by atoms with Gasteiger partial charge in [-0.25, -0.2) is 13.2 Å². The first kappa shape index (κ1) is 14.6. The highest BCUT2D eigenvalue weighted by Crippen LogP contribution is 2.30. The molecule has 2 atom stereocenters. The highest BCUT2D eigenvalue weighted by molar-refractivity contribution is 5.28. The molecule has 2 aromatic carbocycles. The van der Waals surface area contributed by atoms with Crippen LogP contribution in [0.25, 0.3) is 0 Å². The Hall–Kier alpha value is -1.85. The number of nitrogens with two attached hydrogens (primary N) is 1. The summed E-state index contributed by atoms with van der Waals surface area (Å²) in [5, 5.41) is 10.3. The summed E-state index contributed by atoms with van der Waals surface area (Å²) in [5.41, 5.74) is 6.48. The minimum absolute atomic E-state index is 0.0891. The van der Waals surface area contributed by atoms with Crippen LogP contribution in [0.1, 0.15) is 23.1 Å². The number of aliphatic hydroxyl groups excluding tert-OH is 1. The maximum atomic E-state index is 13.2. The summed E-state index contributed by atoms with van der Waals surface area (Å²) in [7, 11) is 0. The fraction of sp³-hybridized carbons (Fsp3) is 0.200. The van der Waals surface area contributed by atoms with Crippen LogP contribution < -0.4 is 5.73 Å². The second-order valence-corrected chi connectivity index (χ2v) is 4.51. The molecule has 5 heteroatoms. The van der Waals surface area contributed by atoms with Crippen LogP contribution in [0.2, 0.25) is 0 Å². The normalized spacial score (nSPS) is 14.1. The molecule has 2 rings (SSSR count). The number of benzene rings is 2. The van der Waals surface area contributed by atoms with Gasteiger partial charge in [0, 0.05) is 12.5 Å². The van der Waals surface area contributed by atoms with Gasteiger partial charge >= 0.3 is 0 Å². The third-order valence-electron chi connectivity index (χ3n) is 3.22. The Labute approximate surface area is 114 Å². The zero-order valence-corrected chi connectivity index (χ0v) is 10.6. The largest absolute Gasteiger partial charge is 0.388 e. The molecular formula is C15H14F3NO. The molecule has 0 bridgehead atoms. The van der Waals surface area contributed by atoms with E-state index in [2.05, 4.69) is 0 Å². The van der Waals surface area contributed by atoms with Gasteiger partial charge in [0.2, 0.25) is 0 Å². The Morgan fingerprint density at radius 3 is 2.05 bits per heavy atom. The second kappa shape index (κ2) is 6.07. The molecule has 0 aliphatic rings. The first-order valence-electron chi connectivity index (χ1n) is 6.11. The van der Waals surface area contributed by atoms with Crippen molar-refractivity contribution in [2.45, 2.75) is 12.0 Å². The van der Waals surface area contributed by atoms with Gasteiger partial charge in [0.05, 0.1) is 6.10 Å². The van der Waals surface area contributed by atoms with E-state index >= 15 is 0 Å². The van der Waals surface area contributed by atoms with Gasteiger partial charge in [0.1, 0.15) is 5.82 Å². The van der Waals surface area contributed by atoms with Crippen LogP contribution in [0, 0.1) is 17.5 Å². The summed E-state index contributed by atoms with van der Waals surface area (Å²) < 4.78 is 39.0. The van der Waals surface area contributed by atoms with E-state index in [0.29, 0.717) is 5.56 Å².